The van der Waals surface area contributed by atoms with Gasteiger partial charge in [0, 0.05) is 18.3 Å². The summed E-state index contributed by atoms with van der Waals surface area (Å²) in [4.78, 5) is 17.0. The molecule has 0 fully saturated rings. The third kappa shape index (κ3) is 1.98. The number of ketones is 1. The lowest BCUT2D eigenvalue weighted by atomic mass is 10.1. The molecule has 3 aromatic heterocycles. The van der Waals surface area contributed by atoms with Crippen molar-refractivity contribution in [2.45, 2.75) is 13.5 Å². The van der Waals surface area contributed by atoms with Gasteiger partial charge in [0.05, 0.1) is 23.5 Å². The van der Waals surface area contributed by atoms with E-state index in [1.54, 1.807) is 28.4 Å². The average molecular weight is 287 g/mol. The average Bonchev–Trinajstić information content (AvgIpc) is 3.11. The molecule has 0 unspecified atom stereocenters. The number of thiophene rings is 1. The Labute approximate surface area is 119 Å². The van der Waals surface area contributed by atoms with Crippen LogP contribution < -0.4 is 4.74 Å². The highest BCUT2D eigenvalue weighted by Crippen LogP contribution is 2.24. The first kappa shape index (κ1) is 12.8. The van der Waals surface area contributed by atoms with E-state index in [2.05, 4.69) is 10.1 Å². The molecule has 0 saturated heterocycles. The predicted octanol–water partition coefficient (Wildman–Crippen LogP) is 2.75. The van der Waals surface area contributed by atoms with E-state index in [9.17, 15) is 4.79 Å². The van der Waals surface area contributed by atoms with Crippen molar-refractivity contribution in [3.8, 4) is 5.75 Å². The van der Waals surface area contributed by atoms with Crippen molar-refractivity contribution >= 4 is 27.3 Å². The molecule has 0 atom stereocenters. The number of methoxy groups -OCH3 is 1. The molecule has 0 aliphatic heterocycles. The zero-order valence-electron chi connectivity index (χ0n) is 11.2. The molecule has 5 nitrogen and oxygen atoms in total. The van der Waals surface area contributed by atoms with Gasteiger partial charge in [-0.15, -0.1) is 11.3 Å². The summed E-state index contributed by atoms with van der Waals surface area (Å²) in [5.74, 6) is 0.368. The number of aromatic nitrogens is 3. The summed E-state index contributed by atoms with van der Waals surface area (Å²) >= 11 is 1.57. The second kappa shape index (κ2) is 5.05. The highest BCUT2D eigenvalue weighted by molar-refractivity contribution is 7.17. The van der Waals surface area contributed by atoms with Gasteiger partial charge in [0.15, 0.2) is 11.4 Å². The summed E-state index contributed by atoms with van der Waals surface area (Å²) in [5.41, 5.74) is 1.92. The van der Waals surface area contributed by atoms with Crippen LogP contribution in [-0.2, 0) is 6.54 Å². The number of nitrogens with zero attached hydrogens (tertiary/aromatic N) is 3. The van der Waals surface area contributed by atoms with Crippen LogP contribution in [0.25, 0.3) is 10.2 Å². The van der Waals surface area contributed by atoms with Gasteiger partial charge in [-0.25, -0.2) is 0 Å². The Morgan fingerprint density at radius 2 is 2.30 bits per heavy atom. The van der Waals surface area contributed by atoms with Gasteiger partial charge in [-0.1, -0.05) is 0 Å². The first-order valence-corrected chi connectivity index (χ1v) is 7.10. The molecule has 0 aliphatic rings. The van der Waals surface area contributed by atoms with E-state index in [0.29, 0.717) is 23.6 Å². The topological polar surface area (TPSA) is 57.0 Å². The third-order valence-electron chi connectivity index (χ3n) is 3.11. The zero-order chi connectivity index (χ0) is 14.1. The Kier molecular flexibility index (Phi) is 3.23. The molecule has 0 aliphatic carbocycles. The van der Waals surface area contributed by atoms with Gasteiger partial charge in [0.2, 0.25) is 5.78 Å². The number of carbonyl (C=O) groups is 1. The maximum atomic E-state index is 12.7. The lowest BCUT2D eigenvalue weighted by Gasteiger charge is -2.06. The molecule has 0 bridgehead atoms. The zero-order valence-corrected chi connectivity index (χ0v) is 12.0. The molecule has 0 aromatic carbocycles. The van der Waals surface area contributed by atoms with E-state index >= 15 is 0 Å². The van der Waals surface area contributed by atoms with Crippen LogP contribution >= 0.6 is 11.3 Å². The van der Waals surface area contributed by atoms with Crippen LogP contribution in [0, 0.1) is 0 Å². The van der Waals surface area contributed by atoms with Crippen molar-refractivity contribution in [1.82, 2.24) is 14.8 Å². The highest BCUT2D eigenvalue weighted by atomic mass is 32.1. The summed E-state index contributed by atoms with van der Waals surface area (Å²) in [7, 11) is 1.54. The molecule has 0 amide bonds. The molecule has 0 radical (unpaired) electrons. The van der Waals surface area contributed by atoms with Crippen LogP contribution in [0.5, 0.6) is 5.75 Å². The van der Waals surface area contributed by atoms with E-state index in [-0.39, 0.29) is 5.78 Å². The fourth-order valence-corrected chi connectivity index (χ4v) is 2.87. The lowest BCUT2D eigenvalue weighted by Crippen LogP contribution is -2.12. The Morgan fingerprint density at radius 1 is 1.45 bits per heavy atom. The van der Waals surface area contributed by atoms with Crippen molar-refractivity contribution in [2.24, 2.45) is 0 Å². The van der Waals surface area contributed by atoms with Gasteiger partial charge in [-0.3, -0.25) is 14.5 Å². The first-order valence-electron chi connectivity index (χ1n) is 6.22. The van der Waals surface area contributed by atoms with Crippen molar-refractivity contribution in [2.75, 3.05) is 7.11 Å². The molecular weight excluding hydrogens is 274 g/mol. The molecule has 3 rings (SSSR count). The number of hydrogen-bond acceptors (Lipinski definition) is 5. The largest absolute Gasteiger partial charge is 0.493 e. The summed E-state index contributed by atoms with van der Waals surface area (Å²) in [6, 6.07) is 3.80. The SMILES string of the molecule is CCn1ncc(OC)c1C(=O)c1cnc2ccsc2c1. The lowest BCUT2D eigenvalue weighted by molar-refractivity contribution is 0.102. The quantitative estimate of drug-likeness (QED) is 0.692. The smallest absolute Gasteiger partial charge is 0.216 e. The molecule has 0 saturated carbocycles. The monoisotopic (exact) mass is 287 g/mol. The molecule has 0 spiro atoms. The number of aryl methyl sites for hydroxylation is 1. The van der Waals surface area contributed by atoms with Crippen LogP contribution in [0.3, 0.4) is 0 Å². The Hall–Kier alpha value is -2.21. The number of pyridine rings is 1. The van der Waals surface area contributed by atoms with Crippen LogP contribution in [-0.4, -0.2) is 27.7 Å². The van der Waals surface area contributed by atoms with Crippen molar-refractivity contribution in [3.63, 3.8) is 0 Å². The number of ether oxygens (including phenoxy) is 1. The van der Waals surface area contributed by atoms with Gasteiger partial charge in [-0.2, -0.15) is 5.10 Å². The summed E-state index contributed by atoms with van der Waals surface area (Å²) < 4.78 is 7.86. The van der Waals surface area contributed by atoms with E-state index in [1.165, 1.54) is 7.11 Å². The molecule has 0 N–H and O–H groups in total. The maximum Gasteiger partial charge on any atom is 0.216 e. The second-order valence-electron chi connectivity index (χ2n) is 4.23. The summed E-state index contributed by atoms with van der Waals surface area (Å²) in [6.07, 6.45) is 3.16. The summed E-state index contributed by atoms with van der Waals surface area (Å²) in [6.45, 7) is 2.54. The molecule has 6 heteroatoms. The van der Waals surface area contributed by atoms with Gasteiger partial charge in [-0.05, 0) is 24.4 Å². The Balaban J connectivity index is 2.09. The number of carbonyl (C=O) groups excluding carboxylic acids is 1. The van der Waals surface area contributed by atoms with Crippen molar-refractivity contribution in [1.29, 1.82) is 0 Å². The number of hydrogen-bond donors (Lipinski definition) is 0. The Bertz CT molecular complexity index is 754. The van der Waals surface area contributed by atoms with Crippen LogP contribution in [0.15, 0.2) is 29.9 Å². The third-order valence-corrected chi connectivity index (χ3v) is 3.96. The second-order valence-corrected chi connectivity index (χ2v) is 5.18. The Morgan fingerprint density at radius 3 is 3.05 bits per heavy atom. The van der Waals surface area contributed by atoms with E-state index in [1.807, 2.05) is 24.4 Å². The van der Waals surface area contributed by atoms with Crippen molar-refractivity contribution < 1.29 is 9.53 Å². The minimum absolute atomic E-state index is 0.121. The fraction of sp³-hybridized carbons (Fsp3) is 0.214. The fourth-order valence-electron chi connectivity index (χ4n) is 2.09. The molecular formula is C14H13N3O2S. The minimum atomic E-state index is -0.121. The van der Waals surface area contributed by atoms with Gasteiger partial charge in [0.1, 0.15) is 0 Å². The molecule has 20 heavy (non-hydrogen) atoms. The van der Waals surface area contributed by atoms with E-state index < -0.39 is 0 Å². The van der Waals surface area contributed by atoms with Gasteiger partial charge >= 0.3 is 0 Å². The van der Waals surface area contributed by atoms with Crippen LogP contribution in [0.4, 0.5) is 0 Å². The van der Waals surface area contributed by atoms with Gasteiger partial charge in [0.25, 0.3) is 0 Å². The normalized spacial score (nSPS) is 10.9. The standard InChI is InChI=1S/C14H13N3O2S/c1-3-17-13(11(19-2)8-16-17)14(18)9-6-12-10(15-7-9)4-5-20-12/h4-8H,3H2,1-2H3. The molecule has 102 valence electrons. The summed E-state index contributed by atoms with van der Waals surface area (Å²) in [5, 5.41) is 6.12. The number of fused-ring (bicyclic) bond motifs is 1. The predicted molar refractivity (Wildman–Crippen MR) is 77.5 cm³/mol. The minimum Gasteiger partial charge on any atom is -0.493 e. The number of rotatable bonds is 4. The highest BCUT2D eigenvalue weighted by Gasteiger charge is 2.21. The molecule has 3 aromatic rings. The first-order chi connectivity index (χ1) is 9.74. The maximum absolute atomic E-state index is 12.7. The van der Waals surface area contributed by atoms with E-state index in [4.69, 9.17) is 4.74 Å². The van der Waals surface area contributed by atoms with Gasteiger partial charge < -0.3 is 4.74 Å². The van der Waals surface area contributed by atoms with Crippen LogP contribution in [0.1, 0.15) is 23.0 Å². The van der Waals surface area contributed by atoms with Crippen LogP contribution in [0.2, 0.25) is 0 Å². The van der Waals surface area contributed by atoms with Crippen molar-refractivity contribution in [3.05, 3.63) is 41.2 Å². The van der Waals surface area contributed by atoms with E-state index in [0.717, 1.165) is 10.2 Å². The molecule has 3 heterocycles.